The lowest BCUT2D eigenvalue weighted by Gasteiger charge is -2.39. The molecule has 2 heterocycles. The standard InChI is InChI=1S/C65H45N/c1-64(2)53-27-11-9-24-50(53)62-51(26-17-30-57(62)64)61(43-36-34-42(35-37-43)41-18-4-3-5-19-41)48-23-7-6-20-45(48)44-38-39-55-52(40-44)46-21-8-12-28-54(46)65(55)56-29-13-15-33-60(56)66-59-32-14-10-22-47(59)49-25-16-31-58(65)63(49)66/h3-40,61H,1-2H3. The summed E-state index contributed by atoms with van der Waals surface area (Å²) in [6, 6.07) is 87.1. The van der Waals surface area contributed by atoms with E-state index in [1.54, 1.807) is 0 Å². The van der Waals surface area contributed by atoms with Crippen LogP contribution in [0.1, 0.15) is 69.8 Å². The number of hydrogen-bond acceptors (Lipinski definition) is 0. The minimum atomic E-state index is -0.488. The van der Waals surface area contributed by atoms with Crippen molar-refractivity contribution in [2.24, 2.45) is 0 Å². The molecule has 0 amide bonds. The van der Waals surface area contributed by atoms with E-state index in [-0.39, 0.29) is 11.3 Å². The van der Waals surface area contributed by atoms with Crippen LogP contribution in [0.5, 0.6) is 0 Å². The van der Waals surface area contributed by atoms with Crippen LogP contribution in [0.2, 0.25) is 0 Å². The molecule has 3 aliphatic rings. The van der Waals surface area contributed by atoms with Gasteiger partial charge in [0.25, 0.3) is 0 Å². The largest absolute Gasteiger partial charge is 0.309 e. The highest BCUT2D eigenvalue weighted by molar-refractivity contribution is 6.13. The van der Waals surface area contributed by atoms with E-state index in [0.29, 0.717) is 0 Å². The van der Waals surface area contributed by atoms with Gasteiger partial charge < -0.3 is 4.57 Å². The Bertz CT molecular complexity index is 3790. The summed E-state index contributed by atoms with van der Waals surface area (Å²) >= 11 is 0. The molecule has 11 aromatic rings. The van der Waals surface area contributed by atoms with Gasteiger partial charge in [0.1, 0.15) is 0 Å². The Morgan fingerprint density at radius 3 is 1.79 bits per heavy atom. The number of hydrogen-bond donors (Lipinski definition) is 0. The van der Waals surface area contributed by atoms with E-state index in [1.807, 2.05) is 0 Å². The van der Waals surface area contributed by atoms with Crippen LogP contribution in [0.3, 0.4) is 0 Å². The molecular weight excluding hydrogens is 795 g/mol. The van der Waals surface area contributed by atoms with Crippen LogP contribution in [-0.2, 0) is 10.8 Å². The predicted molar refractivity (Wildman–Crippen MR) is 274 cm³/mol. The van der Waals surface area contributed by atoms with Gasteiger partial charge in [-0.05, 0) is 113 Å². The second-order valence-electron chi connectivity index (χ2n) is 19.1. The Balaban J connectivity index is 1.01. The van der Waals surface area contributed by atoms with E-state index in [4.69, 9.17) is 0 Å². The van der Waals surface area contributed by atoms with Gasteiger partial charge in [-0.3, -0.25) is 0 Å². The molecule has 0 saturated heterocycles. The van der Waals surface area contributed by atoms with E-state index in [1.165, 1.54) is 122 Å². The number of fused-ring (bicyclic) bond motifs is 15. The van der Waals surface area contributed by atoms with Gasteiger partial charge in [0.2, 0.25) is 0 Å². The average molecular weight is 840 g/mol. The number of nitrogens with zero attached hydrogens (tertiary/aromatic N) is 1. The van der Waals surface area contributed by atoms with Gasteiger partial charge in [-0.15, -0.1) is 0 Å². The molecule has 310 valence electrons. The zero-order chi connectivity index (χ0) is 43.7. The van der Waals surface area contributed by atoms with Crippen LogP contribution in [0.15, 0.2) is 231 Å². The summed E-state index contributed by atoms with van der Waals surface area (Å²) < 4.78 is 2.53. The molecule has 2 unspecified atom stereocenters. The van der Waals surface area contributed by atoms with E-state index in [9.17, 15) is 0 Å². The third kappa shape index (κ3) is 4.90. The first kappa shape index (κ1) is 37.4. The molecule has 1 spiro atoms. The summed E-state index contributed by atoms with van der Waals surface area (Å²) in [6.07, 6.45) is 0. The van der Waals surface area contributed by atoms with Crippen molar-refractivity contribution in [3.8, 4) is 50.2 Å². The lowest BCUT2D eigenvalue weighted by molar-refractivity contribution is 0.659. The van der Waals surface area contributed by atoms with Gasteiger partial charge in [-0.25, -0.2) is 0 Å². The van der Waals surface area contributed by atoms with Crippen LogP contribution >= 0.6 is 0 Å². The maximum absolute atomic E-state index is 2.53. The molecule has 0 radical (unpaired) electrons. The zero-order valence-corrected chi connectivity index (χ0v) is 37.0. The number of para-hydroxylation sites is 3. The van der Waals surface area contributed by atoms with Gasteiger partial charge in [0.05, 0.1) is 22.1 Å². The van der Waals surface area contributed by atoms with Crippen molar-refractivity contribution in [1.82, 2.24) is 4.57 Å². The first-order valence-electron chi connectivity index (χ1n) is 23.4. The number of aromatic nitrogens is 1. The summed E-state index contributed by atoms with van der Waals surface area (Å²) in [5, 5.41) is 2.59. The third-order valence-electron chi connectivity index (χ3n) is 15.6. The molecule has 1 aromatic heterocycles. The lowest BCUT2D eigenvalue weighted by Crippen LogP contribution is -2.33. The highest BCUT2D eigenvalue weighted by Crippen LogP contribution is 2.62. The first-order valence-corrected chi connectivity index (χ1v) is 23.4. The van der Waals surface area contributed by atoms with E-state index < -0.39 is 5.41 Å². The predicted octanol–water partition coefficient (Wildman–Crippen LogP) is 16.3. The summed E-state index contributed by atoms with van der Waals surface area (Å²) in [7, 11) is 0. The highest BCUT2D eigenvalue weighted by Gasteiger charge is 2.51. The van der Waals surface area contributed by atoms with E-state index in [2.05, 4.69) is 249 Å². The van der Waals surface area contributed by atoms with Gasteiger partial charge >= 0.3 is 0 Å². The Hall–Kier alpha value is -8.00. The number of benzene rings is 10. The zero-order valence-electron chi connectivity index (χ0n) is 37.0. The van der Waals surface area contributed by atoms with Crippen molar-refractivity contribution in [3.05, 3.63) is 281 Å². The van der Waals surface area contributed by atoms with Gasteiger partial charge in [0, 0.05) is 22.1 Å². The van der Waals surface area contributed by atoms with E-state index >= 15 is 0 Å². The molecule has 14 rings (SSSR count). The average Bonchev–Trinajstić information content (AvgIpc) is 3.96. The fourth-order valence-corrected chi connectivity index (χ4v) is 12.8. The van der Waals surface area contributed by atoms with Crippen molar-refractivity contribution >= 4 is 21.8 Å². The summed E-state index contributed by atoms with van der Waals surface area (Å²) in [6.45, 7) is 4.78. The molecule has 0 fully saturated rings. The molecule has 0 bridgehead atoms. The molecule has 66 heavy (non-hydrogen) atoms. The Morgan fingerprint density at radius 2 is 0.939 bits per heavy atom. The normalized spacial score (nSPS) is 16.2. The third-order valence-corrected chi connectivity index (χ3v) is 15.6. The fraction of sp³-hybridized carbons (Fsp3) is 0.0769. The van der Waals surface area contributed by atoms with Crippen molar-refractivity contribution < 1.29 is 0 Å². The molecular formula is C65H45N. The van der Waals surface area contributed by atoms with Crippen molar-refractivity contribution in [2.75, 3.05) is 0 Å². The molecule has 1 heteroatoms. The Kier molecular flexibility index (Phi) is 7.79. The number of rotatable bonds is 5. The van der Waals surface area contributed by atoms with Crippen molar-refractivity contribution in [3.63, 3.8) is 0 Å². The monoisotopic (exact) mass is 839 g/mol. The molecule has 1 aliphatic heterocycles. The maximum Gasteiger partial charge on any atom is 0.0754 e. The SMILES string of the molecule is CC1(C)c2ccccc2-c2c(C(c3ccc(-c4ccccc4)cc3)c3ccccc3-c3ccc4c(c3)-c3ccccc3C43c4ccccc4-n4c5ccccc5c5cccc3c54)cccc21. The van der Waals surface area contributed by atoms with Gasteiger partial charge in [-0.1, -0.05) is 226 Å². The fourth-order valence-electron chi connectivity index (χ4n) is 12.8. The van der Waals surface area contributed by atoms with Crippen LogP contribution in [0.25, 0.3) is 72.0 Å². The van der Waals surface area contributed by atoms with Gasteiger partial charge in [-0.2, -0.15) is 0 Å². The quantitative estimate of drug-likeness (QED) is 0.152. The minimum absolute atomic E-state index is 0.0282. The molecule has 1 nitrogen and oxygen atoms in total. The molecule has 2 aliphatic carbocycles. The van der Waals surface area contributed by atoms with Crippen LogP contribution in [0.4, 0.5) is 0 Å². The lowest BCUT2D eigenvalue weighted by atomic mass is 9.65. The Morgan fingerprint density at radius 1 is 0.364 bits per heavy atom. The van der Waals surface area contributed by atoms with Crippen LogP contribution in [0, 0.1) is 0 Å². The topological polar surface area (TPSA) is 4.93 Å². The minimum Gasteiger partial charge on any atom is -0.309 e. The Labute approximate surface area is 385 Å². The first-order chi connectivity index (χ1) is 32.5. The summed E-state index contributed by atoms with van der Waals surface area (Å²) in [4.78, 5) is 0. The second-order valence-corrected chi connectivity index (χ2v) is 19.1. The van der Waals surface area contributed by atoms with Crippen LogP contribution < -0.4 is 0 Å². The maximum atomic E-state index is 2.53. The van der Waals surface area contributed by atoms with Crippen molar-refractivity contribution in [1.29, 1.82) is 0 Å². The molecule has 0 saturated carbocycles. The summed E-state index contributed by atoms with van der Waals surface area (Å²) in [5.74, 6) is -0.0282. The molecule has 2 atom stereocenters. The van der Waals surface area contributed by atoms with Crippen molar-refractivity contribution in [2.45, 2.75) is 30.6 Å². The second kappa shape index (κ2) is 13.8. The molecule has 0 N–H and O–H groups in total. The molecule has 10 aromatic carbocycles. The summed E-state index contributed by atoms with van der Waals surface area (Å²) in [5.41, 5.74) is 25.5. The highest BCUT2D eigenvalue weighted by atomic mass is 15.0. The van der Waals surface area contributed by atoms with Crippen LogP contribution in [-0.4, -0.2) is 4.57 Å². The van der Waals surface area contributed by atoms with E-state index in [0.717, 1.165) is 0 Å². The van der Waals surface area contributed by atoms with Gasteiger partial charge in [0.15, 0.2) is 0 Å². The smallest absolute Gasteiger partial charge is 0.0754 e.